The first-order valence-electron chi connectivity index (χ1n) is 7.04. The Labute approximate surface area is 130 Å². The van der Waals surface area contributed by atoms with Crippen LogP contribution in [-0.4, -0.2) is 30.1 Å². The van der Waals surface area contributed by atoms with Gasteiger partial charge in [0.25, 0.3) is 0 Å². The van der Waals surface area contributed by atoms with E-state index in [0.717, 1.165) is 11.3 Å². The SMILES string of the molecule is CC(=O)OC(c1cnc(C)c2c1COC(C)(C)O2)P(C)(C)=O. The van der Waals surface area contributed by atoms with E-state index >= 15 is 0 Å². The average Bonchev–Trinajstić information content (AvgIpc) is 2.35. The Bertz CT molecular complexity index is 650. The van der Waals surface area contributed by atoms with Crippen LogP contribution < -0.4 is 4.74 Å². The summed E-state index contributed by atoms with van der Waals surface area (Å²) in [5, 5.41) is 0. The number of rotatable bonds is 3. The predicted octanol–water partition coefficient (Wildman–Crippen LogP) is 3.22. The zero-order valence-corrected chi connectivity index (χ0v) is 14.7. The van der Waals surface area contributed by atoms with Crippen LogP contribution in [0.3, 0.4) is 0 Å². The number of nitrogens with zero attached hydrogens (tertiary/aromatic N) is 1. The van der Waals surface area contributed by atoms with Crippen LogP contribution in [0.1, 0.15) is 43.4 Å². The van der Waals surface area contributed by atoms with Gasteiger partial charge in [0.2, 0.25) is 5.79 Å². The van der Waals surface area contributed by atoms with Crippen LogP contribution in [-0.2, 0) is 25.4 Å². The normalized spacial score (nSPS) is 18.1. The fourth-order valence-corrected chi connectivity index (χ4v) is 3.65. The van der Waals surface area contributed by atoms with Gasteiger partial charge in [-0.1, -0.05) is 0 Å². The molecule has 0 saturated heterocycles. The van der Waals surface area contributed by atoms with E-state index in [1.54, 1.807) is 19.5 Å². The van der Waals surface area contributed by atoms with E-state index in [1.165, 1.54) is 6.92 Å². The largest absolute Gasteiger partial charge is 0.461 e. The van der Waals surface area contributed by atoms with Gasteiger partial charge in [-0.15, -0.1) is 0 Å². The molecule has 1 aliphatic heterocycles. The Morgan fingerprint density at radius 3 is 2.64 bits per heavy atom. The summed E-state index contributed by atoms with van der Waals surface area (Å²) in [6.45, 7) is 10.2. The third-order valence-corrected chi connectivity index (χ3v) is 4.88. The molecule has 0 radical (unpaired) electrons. The van der Waals surface area contributed by atoms with Gasteiger partial charge in [-0.2, -0.15) is 0 Å². The molecule has 0 saturated carbocycles. The number of carbonyl (C=O) groups excluding carboxylic acids is 1. The molecule has 122 valence electrons. The minimum absolute atomic E-state index is 0.290. The van der Waals surface area contributed by atoms with Crippen molar-refractivity contribution in [2.45, 2.75) is 45.9 Å². The maximum Gasteiger partial charge on any atom is 0.303 e. The van der Waals surface area contributed by atoms with Gasteiger partial charge in [-0.25, -0.2) is 0 Å². The highest BCUT2D eigenvalue weighted by Crippen LogP contribution is 2.55. The lowest BCUT2D eigenvalue weighted by Crippen LogP contribution is -2.36. The second kappa shape index (κ2) is 5.67. The molecule has 0 N–H and O–H groups in total. The van der Waals surface area contributed by atoms with E-state index < -0.39 is 24.7 Å². The molecule has 0 aliphatic carbocycles. The highest BCUT2D eigenvalue weighted by atomic mass is 31.2. The molecule has 0 amide bonds. The molecule has 2 rings (SSSR count). The molecular weight excluding hydrogens is 305 g/mol. The second-order valence-corrected chi connectivity index (χ2v) is 9.63. The third kappa shape index (κ3) is 3.50. The lowest BCUT2D eigenvalue weighted by molar-refractivity contribution is -0.181. The van der Waals surface area contributed by atoms with Gasteiger partial charge in [0, 0.05) is 38.1 Å². The number of pyridine rings is 1. The first-order chi connectivity index (χ1) is 10.0. The van der Waals surface area contributed by atoms with E-state index in [1.807, 2.05) is 20.8 Å². The number of hydrogen-bond donors (Lipinski definition) is 0. The van der Waals surface area contributed by atoms with Gasteiger partial charge in [-0.05, 0) is 20.3 Å². The molecule has 22 heavy (non-hydrogen) atoms. The quantitative estimate of drug-likeness (QED) is 0.627. The second-order valence-electron chi connectivity index (χ2n) is 6.29. The van der Waals surface area contributed by atoms with Crippen molar-refractivity contribution in [2.24, 2.45) is 0 Å². The summed E-state index contributed by atoms with van der Waals surface area (Å²) in [5.74, 6) is -1.47. The lowest BCUT2D eigenvalue weighted by atomic mass is 10.1. The van der Waals surface area contributed by atoms with Gasteiger partial charge >= 0.3 is 5.97 Å². The van der Waals surface area contributed by atoms with E-state index in [9.17, 15) is 9.36 Å². The summed E-state index contributed by atoms with van der Waals surface area (Å²) in [5.41, 5.74) is 2.04. The van der Waals surface area contributed by atoms with E-state index in [4.69, 9.17) is 14.2 Å². The predicted molar refractivity (Wildman–Crippen MR) is 82.4 cm³/mol. The maximum absolute atomic E-state index is 12.6. The first kappa shape index (κ1) is 17.0. The maximum atomic E-state index is 12.6. The molecule has 0 spiro atoms. The Hall–Kier alpha value is -1.39. The number of esters is 1. The fourth-order valence-electron chi connectivity index (χ4n) is 2.35. The summed E-state index contributed by atoms with van der Waals surface area (Å²) in [6.07, 6.45) is 1.59. The molecular formula is C15H22NO5P. The Kier molecular flexibility index (Phi) is 4.37. The first-order valence-corrected chi connectivity index (χ1v) is 9.71. The minimum atomic E-state index is -2.74. The highest BCUT2D eigenvalue weighted by Gasteiger charge is 2.36. The number of aryl methyl sites for hydroxylation is 1. The van der Waals surface area contributed by atoms with Gasteiger partial charge in [0.15, 0.2) is 5.85 Å². The lowest BCUT2D eigenvalue weighted by Gasteiger charge is -2.35. The van der Waals surface area contributed by atoms with Crippen molar-refractivity contribution in [3.8, 4) is 5.75 Å². The van der Waals surface area contributed by atoms with Gasteiger partial charge in [-0.3, -0.25) is 9.78 Å². The Balaban J connectivity index is 2.56. The Morgan fingerprint density at radius 2 is 2.09 bits per heavy atom. The van der Waals surface area contributed by atoms with Crippen LogP contribution in [0.15, 0.2) is 6.20 Å². The summed E-state index contributed by atoms with van der Waals surface area (Å²) in [7, 11) is -2.74. The topological polar surface area (TPSA) is 74.7 Å². The molecule has 6 nitrogen and oxygen atoms in total. The fraction of sp³-hybridized carbons (Fsp3) is 0.600. The van der Waals surface area contributed by atoms with Crippen molar-refractivity contribution in [2.75, 3.05) is 13.3 Å². The molecule has 1 aromatic heterocycles. The molecule has 1 aliphatic rings. The minimum Gasteiger partial charge on any atom is -0.461 e. The van der Waals surface area contributed by atoms with Crippen LogP contribution in [0.25, 0.3) is 0 Å². The summed E-state index contributed by atoms with van der Waals surface area (Å²) in [6, 6.07) is 0. The number of ether oxygens (including phenoxy) is 3. The molecule has 0 aromatic carbocycles. The third-order valence-electron chi connectivity index (χ3n) is 3.37. The van der Waals surface area contributed by atoms with Crippen molar-refractivity contribution in [1.29, 1.82) is 0 Å². The van der Waals surface area contributed by atoms with Gasteiger partial charge in [0.1, 0.15) is 12.9 Å². The number of hydrogen-bond acceptors (Lipinski definition) is 6. The van der Waals surface area contributed by atoms with Gasteiger partial charge in [0.05, 0.1) is 12.3 Å². The number of aromatic nitrogens is 1. The molecule has 1 atom stereocenters. The van der Waals surface area contributed by atoms with Crippen molar-refractivity contribution >= 4 is 13.1 Å². The van der Waals surface area contributed by atoms with Crippen LogP contribution in [0.5, 0.6) is 5.75 Å². The number of fused-ring (bicyclic) bond motifs is 1. The van der Waals surface area contributed by atoms with Crippen LogP contribution in [0.4, 0.5) is 0 Å². The van der Waals surface area contributed by atoms with Crippen molar-refractivity contribution in [3.05, 3.63) is 23.0 Å². The van der Waals surface area contributed by atoms with Gasteiger partial charge < -0.3 is 18.8 Å². The summed E-state index contributed by atoms with van der Waals surface area (Å²) in [4.78, 5) is 15.7. The summed E-state index contributed by atoms with van der Waals surface area (Å²) >= 11 is 0. The molecule has 2 heterocycles. The van der Waals surface area contributed by atoms with Crippen LogP contribution in [0, 0.1) is 6.92 Å². The van der Waals surface area contributed by atoms with Crippen molar-refractivity contribution in [3.63, 3.8) is 0 Å². The zero-order valence-electron chi connectivity index (χ0n) is 13.8. The van der Waals surface area contributed by atoms with E-state index in [0.29, 0.717) is 17.9 Å². The highest BCUT2D eigenvalue weighted by molar-refractivity contribution is 7.62. The molecule has 7 heteroatoms. The standard InChI is InChI=1S/C15H22NO5P/c1-9-13-12(8-19-15(3,4)21-13)11(7-16-9)14(20-10(2)17)22(5,6)18/h7,14H,8H2,1-6H3. The smallest absolute Gasteiger partial charge is 0.303 e. The molecule has 0 fully saturated rings. The zero-order chi connectivity index (χ0) is 16.7. The van der Waals surface area contributed by atoms with Crippen molar-refractivity contribution in [1.82, 2.24) is 4.98 Å². The molecule has 0 bridgehead atoms. The van der Waals surface area contributed by atoms with E-state index in [2.05, 4.69) is 4.98 Å². The monoisotopic (exact) mass is 327 g/mol. The molecule has 1 unspecified atom stereocenters. The average molecular weight is 327 g/mol. The van der Waals surface area contributed by atoms with Crippen LogP contribution >= 0.6 is 7.14 Å². The van der Waals surface area contributed by atoms with Crippen molar-refractivity contribution < 1.29 is 23.6 Å². The summed E-state index contributed by atoms with van der Waals surface area (Å²) < 4.78 is 29.4. The van der Waals surface area contributed by atoms with Crippen LogP contribution in [0.2, 0.25) is 0 Å². The molecule has 1 aromatic rings. The number of carbonyl (C=O) groups is 1. The van der Waals surface area contributed by atoms with E-state index in [-0.39, 0.29) is 0 Å². The Morgan fingerprint density at radius 1 is 1.45 bits per heavy atom.